The summed E-state index contributed by atoms with van der Waals surface area (Å²) < 4.78 is -1.69. The van der Waals surface area contributed by atoms with Gasteiger partial charge in [-0.1, -0.05) is 0 Å². The zero-order valence-corrected chi connectivity index (χ0v) is 10.6. The van der Waals surface area contributed by atoms with E-state index in [2.05, 4.69) is 50.5 Å². The van der Waals surface area contributed by atoms with Crippen molar-refractivity contribution in [3.05, 3.63) is 0 Å². The average molecular weight is 282 g/mol. The molecule has 14 heavy (non-hydrogen) atoms. The molecule has 0 fully saturated rings. The lowest BCUT2D eigenvalue weighted by molar-refractivity contribution is -0.135. The van der Waals surface area contributed by atoms with Crippen LogP contribution in [0.1, 0.15) is 0 Å². The summed E-state index contributed by atoms with van der Waals surface area (Å²) in [6.07, 6.45) is 0. The standard InChI is InChI=1S/2C2H4O2S2.2H3N/c2*3-1(4)2(5)6;;/h2*2,5-6H,(H,3,4);2*1H3. The zero-order chi connectivity index (χ0) is 10.3. The van der Waals surface area contributed by atoms with Crippen molar-refractivity contribution in [2.24, 2.45) is 0 Å². The quantitative estimate of drug-likeness (QED) is 0.278. The van der Waals surface area contributed by atoms with Crippen molar-refractivity contribution in [3.63, 3.8) is 0 Å². The van der Waals surface area contributed by atoms with Gasteiger partial charge >= 0.3 is 11.9 Å². The predicted octanol–water partition coefficient (Wildman–Crippen LogP) is 0.837. The average Bonchev–Trinajstić information content (AvgIpc) is 1.88. The van der Waals surface area contributed by atoms with Gasteiger partial charge in [-0.3, -0.25) is 9.59 Å². The van der Waals surface area contributed by atoms with E-state index in [1.54, 1.807) is 0 Å². The smallest absolute Gasteiger partial charge is 0.326 e. The van der Waals surface area contributed by atoms with Gasteiger partial charge in [0.1, 0.15) is 9.16 Å². The van der Waals surface area contributed by atoms with E-state index in [0.29, 0.717) is 0 Å². The molecule has 0 aromatic heterocycles. The molecule has 0 rings (SSSR count). The van der Waals surface area contributed by atoms with Crippen molar-refractivity contribution in [1.82, 2.24) is 12.3 Å². The van der Waals surface area contributed by atoms with Crippen LogP contribution in [0.5, 0.6) is 0 Å². The van der Waals surface area contributed by atoms with E-state index >= 15 is 0 Å². The van der Waals surface area contributed by atoms with Crippen LogP contribution in [0.25, 0.3) is 0 Å². The van der Waals surface area contributed by atoms with Gasteiger partial charge in [0.2, 0.25) is 0 Å². The van der Waals surface area contributed by atoms with Crippen LogP contribution in [0, 0.1) is 0 Å². The lowest BCUT2D eigenvalue weighted by atomic mass is 10.8. The summed E-state index contributed by atoms with van der Waals surface area (Å²) in [6, 6.07) is 0. The molecule has 0 spiro atoms. The third-order valence-corrected chi connectivity index (χ3v) is 1.33. The Labute approximate surface area is 104 Å². The highest BCUT2D eigenvalue weighted by Crippen LogP contribution is 1.97. The van der Waals surface area contributed by atoms with E-state index in [0.717, 1.165) is 0 Å². The van der Waals surface area contributed by atoms with Crippen molar-refractivity contribution in [2.45, 2.75) is 9.16 Å². The normalized spacial score (nSPS) is 7.86. The largest absolute Gasteiger partial charge is 0.480 e. The Balaban J connectivity index is -0.0000000625. The Bertz CT molecular complexity index is 147. The van der Waals surface area contributed by atoms with Gasteiger partial charge in [0.05, 0.1) is 0 Å². The molecule has 0 heterocycles. The maximum Gasteiger partial charge on any atom is 0.326 e. The SMILES string of the molecule is N.N.O=C(O)C(S)S.O=C(O)C(S)S. The molecule has 0 atom stereocenters. The van der Waals surface area contributed by atoms with E-state index in [-0.39, 0.29) is 12.3 Å². The van der Waals surface area contributed by atoms with Crippen molar-refractivity contribution in [2.75, 3.05) is 0 Å². The van der Waals surface area contributed by atoms with Gasteiger partial charge in [0, 0.05) is 0 Å². The number of rotatable bonds is 2. The molecule has 0 radical (unpaired) electrons. The maximum atomic E-state index is 9.55. The molecule has 0 aromatic rings. The van der Waals surface area contributed by atoms with E-state index in [1.807, 2.05) is 0 Å². The fourth-order valence-electron chi connectivity index (χ4n) is 0. The summed E-state index contributed by atoms with van der Waals surface area (Å²) in [5.74, 6) is -2.02. The summed E-state index contributed by atoms with van der Waals surface area (Å²) in [6.45, 7) is 0. The highest BCUT2D eigenvalue weighted by Gasteiger charge is 2.02. The number of hydrogen-bond donors (Lipinski definition) is 8. The molecule has 0 aromatic carbocycles. The van der Waals surface area contributed by atoms with Gasteiger partial charge in [-0.05, 0) is 0 Å². The molecule has 0 bridgehead atoms. The summed E-state index contributed by atoms with van der Waals surface area (Å²) in [5, 5.41) is 15.7. The van der Waals surface area contributed by atoms with Crippen molar-refractivity contribution < 1.29 is 19.8 Å². The van der Waals surface area contributed by atoms with Crippen LogP contribution in [0.4, 0.5) is 0 Å². The monoisotopic (exact) mass is 282 g/mol. The van der Waals surface area contributed by atoms with Crippen LogP contribution in [-0.4, -0.2) is 31.3 Å². The van der Waals surface area contributed by atoms with Crippen LogP contribution >= 0.6 is 50.5 Å². The van der Waals surface area contributed by atoms with Gasteiger partial charge in [0.15, 0.2) is 0 Å². The predicted molar refractivity (Wildman–Crippen MR) is 68.8 cm³/mol. The number of hydrogen-bond acceptors (Lipinski definition) is 8. The molecule has 88 valence electrons. The number of carbonyl (C=O) groups is 2. The number of carboxylic acid groups (broad SMARTS) is 2. The molecule has 0 aliphatic carbocycles. The van der Waals surface area contributed by atoms with Crippen molar-refractivity contribution >= 4 is 62.5 Å². The van der Waals surface area contributed by atoms with Gasteiger partial charge in [-0.15, -0.1) is 0 Å². The maximum absolute atomic E-state index is 9.55. The molecule has 6 nitrogen and oxygen atoms in total. The lowest BCUT2D eigenvalue weighted by Gasteiger charge is -1.87. The zero-order valence-electron chi connectivity index (χ0n) is 7.07. The minimum absolute atomic E-state index is 0. The topological polar surface area (TPSA) is 145 Å². The van der Waals surface area contributed by atoms with E-state index in [1.165, 1.54) is 0 Å². The third kappa shape index (κ3) is 22.8. The minimum atomic E-state index is -1.01. The van der Waals surface area contributed by atoms with Crippen molar-refractivity contribution in [1.29, 1.82) is 0 Å². The summed E-state index contributed by atoms with van der Waals surface area (Å²) in [5.41, 5.74) is 0. The van der Waals surface area contributed by atoms with Crippen LogP contribution in [0.2, 0.25) is 0 Å². The Hall–Kier alpha value is 0.260. The Morgan fingerprint density at radius 3 is 0.857 bits per heavy atom. The van der Waals surface area contributed by atoms with E-state index < -0.39 is 21.1 Å². The molecule has 10 heteroatoms. The molecule has 8 N–H and O–H groups in total. The van der Waals surface area contributed by atoms with Gasteiger partial charge in [-0.25, -0.2) is 0 Å². The first-order valence-electron chi connectivity index (χ1n) is 2.47. The van der Waals surface area contributed by atoms with Gasteiger partial charge in [0.25, 0.3) is 0 Å². The van der Waals surface area contributed by atoms with Crippen LogP contribution in [0.3, 0.4) is 0 Å². The van der Waals surface area contributed by atoms with Gasteiger partial charge < -0.3 is 22.5 Å². The van der Waals surface area contributed by atoms with Crippen LogP contribution < -0.4 is 12.3 Å². The summed E-state index contributed by atoms with van der Waals surface area (Å²) >= 11 is 13.8. The first-order chi connectivity index (χ1) is 5.29. The molecule has 0 saturated heterocycles. The van der Waals surface area contributed by atoms with Gasteiger partial charge in [-0.2, -0.15) is 50.5 Å². The van der Waals surface area contributed by atoms with E-state index in [4.69, 9.17) is 10.2 Å². The second-order valence-electron chi connectivity index (χ2n) is 1.42. The molecular formula is C4H14N2O4S4. The van der Waals surface area contributed by atoms with Crippen LogP contribution in [-0.2, 0) is 9.59 Å². The number of carboxylic acids is 2. The Kier molecular flexibility index (Phi) is 22.6. The second-order valence-corrected chi connectivity index (χ2v) is 4.30. The molecule has 0 saturated carbocycles. The fourth-order valence-corrected chi connectivity index (χ4v) is 0. The Morgan fingerprint density at radius 2 is 0.857 bits per heavy atom. The third-order valence-electron chi connectivity index (χ3n) is 0.442. The first-order valence-corrected chi connectivity index (χ1v) is 4.53. The highest BCUT2D eigenvalue weighted by molar-refractivity contribution is 8.00. The first kappa shape index (κ1) is 23.8. The molecule has 0 aliphatic heterocycles. The minimum Gasteiger partial charge on any atom is -0.480 e. The fraction of sp³-hybridized carbons (Fsp3) is 0.500. The van der Waals surface area contributed by atoms with Crippen molar-refractivity contribution in [3.8, 4) is 0 Å². The summed E-state index contributed by atoms with van der Waals surface area (Å²) in [4.78, 5) is 19.1. The molecule has 0 amide bonds. The lowest BCUT2D eigenvalue weighted by Crippen LogP contribution is -2.04. The molecule has 0 aliphatic rings. The summed E-state index contributed by atoms with van der Waals surface area (Å²) in [7, 11) is 0. The molecule has 0 unspecified atom stereocenters. The van der Waals surface area contributed by atoms with Crippen LogP contribution in [0.15, 0.2) is 0 Å². The second kappa shape index (κ2) is 13.3. The molecular weight excluding hydrogens is 268 g/mol. The van der Waals surface area contributed by atoms with E-state index in [9.17, 15) is 9.59 Å². The highest BCUT2D eigenvalue weighted by atomic mass is 32.2. The number of thiol groups is 4. The number of aliphatic carboxylic acids is 2. The Morgan fingerprint density at radius 1 is 0.786 bits per heavy atom.